The Hall–Kier alpha value is -1.28. The number of phosphoric acid groups is 1. The van der Waals surface area contributed by atoms with Gasteiger partial charge >= 0.3 is 0 Å². The first-order valence-electron chi connectivity index (χ1n) is 25.4. The third-order valence-electron chi connectivity index (χ3n) is 11.3. The van der Waals surface area contributed by atoms with Gasteiger partial charge in [-0.3, -0.25) is 9.36 Å². The van der Waals surface area contributed by atoms with E-state index in [0.717, 1.165) is 38.5 Å². The number of phosphoric ester groups is 1. The van der Waals surface area contributed by atoms with Crippen LogP contribution in [0.2, 0.25) is 0 Å². The van der Waals surface area contributed by atoms with Crippen molar-refractivity contribution in [2.45, 2.75) is 244 Å². The molecule has 0 aromatic carbocycles. The third-order valence-corrected chi connectivity index (χ3v) is 12.3. The van der Waals surface area contributed by atoms with Gasteiger partial charge in [-0.1, -0.05) is 204 Å². The van der Waals surface area contributed by atoms with Crippen LogP contribution in [0, 0.1) is 0 Å². The number of nitrogens with zero attached hydrogens (tertiary/aromatic N) is 1. The molecule has 2 N–H and O–H groups in total. The van der Waals surface area contributed by atoms with Gasteiger partial charge in [-0.05, 0) is 57.8 Å². The highest BCUT2D eigenvalue weighted by Crippen LogP contribution is 2.38. The number of carbonyl (C=O) groups is 1. The van der Waals surface area contributed by atoms with E-state index in [0.29, 0.717) is 17.4 Å². The number of amides is 1. The maximum absolute atomic E-state index is 12.9. The number of unbranched alkanes of at least 4 members (excludes halogenated alkanes) is 29. The van der Waals surface area contributed by atoms with Crippen LogP contribution in [0.5, 0.6) is 0 Å². The van der Waals surface area contributed by atoms with Crippen molar-refractivity contribution in [3.63, 3.8) is 0 Å². The zero-order valence-corrected chi connectivity index (χ0v) is 41.1. The van der Waals surface area contributed by atoms with Gasteiger partial charge < -0.3 is 28.8 Å². The molecule has 9 heteroatoms. The summed E-state index contributed by atoms with van der Waals surface area (Å²) in [5, 5.41) is 13.8. The summed E-state index contributed by atoms with van der Waals surface area (Å²) in [4.78, 5) is 25.4. The van der Waals surface area contributed by atoms with Crippen LogP contribution in [0.15, 0.2) is 36.5 Å². The topological polar surface area (TPSA) is 108 Å². The standard InChI is InChI=1S/C51H99N2O6P/c1-6-8-10-12-14-16-18-20-22-23-24-25-26-27-28-29-31-33-35-37-39-41-43-45-51(55)52-49(48-59-60(56,57)58-47-46-53(3,4)5)50(54)44-42-40-38-36-34-32-30-21-19-17-15-13-11-9-7-2/h23-24,34,36,42,44,49-50,54H,6-22,25-33,35,37-41,43,45-48H2,1-5H3,(H-,52,55,56,57)/b24-23-,36-34+,44-42+. The summed E-state index contributed by atoms with van der Waals surface area (Å²) in [5.41, 5.74) is 0. The van der Waals surface area contributed by atoms with Gasteiger partial charge in [0.15, 0.2) is 0 Å². The van der Waals surface area contributed by atoms with Crippen LogP contribution in [-0.2, 0) is 18.4 Å². The predicted octanol–water partition coefficient (Wildman–Crippen LogP) is 14.0. The minimum Gasteiger partial charge on any atom is -0.756 e. The molecule has 60 heavy (non-hydrogen) atoms. The number of aliphatic hydroxyl groups excluding tert-OH is 1. The van der Waals surface area contributed by atoms with E-state index in [-0.39, 0.29) is 12.5 Å². The Balaban J connectivity index is 4.29. The Morgan fingerprint density at radius 2 is 0.933 bits per heavy atom. The van der Waals surface area contributed by atoms with E-state index >= 15 is 0 Å². The average molecular weight is 867 g/mol. The van der Waals surface area contributed by atoms with Gasteiger partial charge in [0.05, 0.1) is 39.9 Å². The molecule has 0 heterocycles. The highest BCUT2D eigenvalue weighted by molar-refractivity contribution is 7.45. The smallest absolute Gasteiger partial charge is 0.268 e. The van der Waals surface area contributed by atoms with Crippen LogP contribution in [0.4, 0.5) is 0 Å². The van der Waals surface area contributed by atoms with E-state index in [9.17, 15) is 19.4 Å². The molecule has 0 saturated carbocycles. The number of allylic oxidation sites excluding steroid dienone is 5. The lowest BCUT2D eigenvalue weighted by atomic mass is 10.0. The lowest BCUT2D eigenvalue weighted by molar-refractivity contribution is -0.870. The van der Waals surface area contributed by atoms with Crippen molar-refractivity contribution in [3.8, 4) is 0 Å². The van der Waals surface area contributed by atoms with Gasteiger partial charge in [0.1, 0.15) is 13.2 Å². The van der Waals surface area contributed by atoms with Crippen molar-refractivity contribution in [1.82, 2.24) is 5.32 Å². The number of likely N-dealkylation sites (N-methyl/N-ethyl adjacent to an activating group) is 1. The SMILES string of the molecule is CCCCCCCCCC/C=C\CCCCCCCCCCCCCC(=O)NC(COP(=O)([O-])OCC[N+](C)(C)C)C(O)/C=C/CC/C=C/CCCCCCCCCCC. The Morgan fingerprint density at radius 3 is 1.35 bits per heavy atom. The second-order valence-corrected chi connectivity index (χ2v) is 19.9. The average Bonchev–Trinajstić information content (AvgIpc) is 3.20. The van der Waals surface area contributed by atoms with E-state index in [4.69, 9.17) is 9.05 Å². The first-order chi connectivity index (χ1) is 29.0. The number of aliphatic hydroxyl groups is 1. The highest BCUT2D eigenvalue weighted by atomic mass is 31.2. The monoisotopic (exact) mass is 867 g/mol. The van der Waals surface area contributed by atoms with Gasteiger partial charge in [0, 0.05) is 6.42 Å². The zero-order chi connectivity index (χ0) is 44.3. The molecule has 3 atom stereocenters. The molecule has 354 valence electrons. The lowest BCUT2D eigenvalue weighted by Crippen LogP contribution is -2.45. The molecule has 0 aliphatic carbocycles. The fraction of sp³-hybridized carbons (Fsp3) is 0.863. The van der Waals surface area contributed by atoms with E-state index in [1.807, 2.05) is 27.2 Å². The summed E-state index contributed by atoms with van der Waals surface area (Å²) in [6.07, 6.45) is 53.5. The largest absolute Gasteiger partial charge is 0.756 e. The lowest BCUT2D eigenvalue weighted by Gasteiger charge is -2.29. The second-order valence-electron chi connectivity index (χ2n) is 18.5. The van der Waals surface area contributed by atoms with Crippen molar-refractivity contribution in [3.05, 3.63) is 36.5 Å². The van der Waals surface area contributed by atoms with Gasteiger partial charge in [-0.15, -0.1) is 0 Å². The van der Waals surface area contributed by atoms with E-state index < -0.39 is 26.6 Å². The number of hydrogen-bond acceptors (Lipinski definition) is 6. The van der Waals surface area contributed by atoms with E-state index in [1.54, 1.807) is 6.08 Å². The molecule has 0 radical (unpaired) electrons. The fourth-order valence-corrected chi connectivity index (χ4v) is 8.00. The second kappa shape index (κ2) is 43.0. The zero-order valence-electron chi connectivity index (χ0n) is 40.2. The molecule has 0 spiro atoms. The van der Waals surface area contributed by atoms with Crippen molar-refractivity contribution in [2.75, 3.05) is 40.9 Å². The Labute approximate surface area is 372 Å². The molecule has 3 unspecified atom stereocenters. The molecule has 0 aliphatic rings. The maximum atomic E-state index is 12.9. The maximum Gasteiger partial charge on any atom is 0.268 e. The molecule has 0 aromatic rings. The van der Waals surface area contributed by atoms with Crippen LogP contribution in [0.25, 0.3) is 0 Å². The van der Waals surface area contributed by atoms with Gasteiger partial charge in [-0.2, -0.15) is 0 Å². The molecular formula is C51H99N2O6P. The highest BCUT2D eigenvalue weighted by Gasteiger charge is 2.23. The van der Waals surface area contributed by atoms with Crippen molar-refractivity contribution in [1.29, 1.82) is 0 Å². The van der Waals surface area contributed by atoms with Crippen LogP contribution in [0.1, 0.15) is 232 Å². The molecule has 0 saturated heterocycles. The van der Waals surface area contributed by atoms with Crippen LogP contribution >= 0.6 is 7.82 Å². The minimum absolute atomic E-state index is 0.00601. The summed E-state index contributed by atoms with van der Waals surface area (Å²) in [6, 6.07) is -0.902. The molecular weight excluding hydrogens is 768 g/mol. The van der Waals surface area contributed by atoms with Crippen LogP contribution < -0.4 is 10.2 Å². The number of nitrogens with one attached hydrogen (secondary N) is 1. The molecule has 0 aromatic heterocycles. The molecule has 0 fully saturated rings. The summed E-state index contributed by atoms with van der Waals surface area (Å²) < 4.78 is 23.2. The third kappa shape index (κ3) is 44.8. The van der Waals surface area contributed by atoms with Gasteiger partial charge in [-0.25, -0.2) is 0 Å². The first-order valence-corrected chi connectivity index (χ1v) is 26.8. The van der Waals surface area contributed by atoms with E-state index in [2.05, 4.69) is 43.5 Å². The van der Waals surface area contributed by atoms with Crippen molar-refractivity contribution >= 4 is 13.7 Å². The quantitative estimate of drug-likeness (QED) is 0.0273. The summed E-state index contributed by atoms with van der Waals surface area (Å²) in [7, 11) is 1.25. The molecule has 1 amide bonds. The minimum atomic E-state index is -4.60. The first kappa shape index (κ1) is 58.7. The van der Waals surface area contributed by atoms with Gasteiger partial charge in [0.2, 0.25) is 5.91 Å². The summed E-state index contributed by atoms with van der Waals surface area (Å²) in [5.74, 6) is -0.207. The Bertz CT molecular complexity index is 1070. The van der Waals surface area contributed by atoms with Crippen LogP contribution in [-0.4, -0.2) is 68.5 Å². The number of carbonyl (C=O) groups excluding carboxylic acids is 1. The molecule has 0 aliphatic heterocycles. The molecule has 0 bridgehead atoms. The van der Waals surface area contributed by atoms with Gasteiger partial charge in [0.25, 0.3) is 7.82 Å². The van der Waals surface area contributed by atoms with E-state index in [1.165, 1.54) is 173 Å². The summed E-state index contributed by atoms with van der Waals surface area (Å²) >= 11 is 0. The Morgan fingerprint density at radius 1 is 0.567 bits per heavy atom. The number of hydrogen-bond donors (Lipinski definition) is 2. The van der Waals surface area contributed by atoms with Crippen molar-refractivity contribution < 1.29 is 32.9 Å². The number of rotatable bonds is 46. The normalized spacial score (nSPS) is 14.4. The molecule has 8 nitrogen and oxygen atoms in total. The fourth-order valence-electron chi connectivity index (χ4n) is 7.28. The Kier molecular flexibility index (Phi) is 42.1. The summed E-state index contributed by atoms with van der Waals surface area (Å²) in [6.45, 7) is 4.63. The van der Waals surface area contributed by atoms with Crippen molar-refractivity contribution in [2.24, 2.45) is 0 Å². The predicted molar refractivity (Wildman–Crippen MR) is 256 cm³/mol. The van der Waals surface area contributed by atoms with Crippen LogP contribution in [0.3, 0.4) is 0 Å². The number of quaternary nitrogens is 1. The molecule has 0 rings (SSSR count).